The van der Waals surface area contributed by atoms with E-state index in [1.165, 1.54) is 0 Å². The standard InChI is InChI=1S/C12H14ClNO5/c1-18-12(17)10(15)6-14-11(16)7-19-9-4-2-3-8(13)5-9/h2-5,10,15H,6-7H2,1H3,(H,14,16). The molecule has 19 heavy (non-hydrogen) atoms. The molecule has 1 aromatic carbocycles. The Morgan fingerprint density at radius 1 is 1.47 bits per heavy atom. The zero-order chi connectivity index (χ0) is 14.3. The van der Waals surface area contributed by atoms with Crippen LogP contribution in [-0.4, -0.2) is 43.3 Å². The van der Waals surface area contributed by atoms with Crippen molar-refractivity contribution >= 4 is 23.5 Å². The summed E-state index contributed by atoms with van der Waals surface area (Å²) in [6.45, 7) is -0.474. The minimum Gasteiger partial charge on any atom is -0.484 e. The van der Waals surface area contributed by atoms with Gasteiger partial charge in [-0.2, -0.15) is 0 Å². The lowest BCUT2D eigenvalue weighted by Gasteiger charge is -2.10. The van der Waals surface area contributed by atoms with Crippen LogP contribution in [0.3, 0.4) is 0 Å². The van der Waals surface area contributed by atoms with Gasteiger partial charge in [-0.05, 0) is 18.2 Å². The van der Waals surface area contributed by atoms with E-state index < -0.39 is 18.0 Å². The molecule has 0 aliphatic carbocycles. The second-order valence-corrected chi connectivity index (χ2v) is 4.03. The topological polar surface area (TPSA) is 84.9 Å². The van der Waals surface area contributed by atoms with E-state index in [1.54, 1.807) is 24.3 Å². The summed E-state index contributed by atoms with van der Waals surface area (Å²) >= 11 is 5.75. The van der Waals surface area contributed by atoms with Crippen molar-refractivity contribution in [1.82, 2.24) is 5.32 Å². The molecule has 1 aromatic rings. The van der Waals surface area contributed by atoms with Gasteiger partial charge >= 0.3 is 5.97 Å². The number of halogens is 1. The molecule has 1 amide bonds. The molecular weight excluding hydrogens is 274 g/mol. The van der Waals surface area contributed by atoms with Crippen molar-refractivity contribution in [3.8, 4) is 5.75 Å². The number of carbonyl (C=O) groups excluding carboxylic acids is 2. The molecule has 7 heteroatoms. The third kappa shape index (κ3) is 5.58. The van der Waals surface area contributed by atoms with Crippen LogP contribution in [0.4, 0.5) is 0 Å². The van der Waals surface area contributed by atoms with E-state index >= 15 is 0 Å². The molecule has 6 nitrogen and oxygen atoms in total. The van der Waals surface area contributed by atoms with Crippen LogP contribution >= 0.6 is 11.6 Å². The molecule has 1 atom stereocenters. The number of ether oxygens (including phenoxy) is 2. The van der Waals surface area contributed by atoms with E-state index in [4.69, 9.17) is 16.3 Å². The molecule has 0 saturated heterocycles. The van der Waals surface area contributed by atoms with Gasteiger partial charge in [0.15, 0.2) is 12.7 Å². The molecule has 1 rings (SSSR count). The maximum Gasteiger partial charge on any atom is 0.336 e. The van der Waals surface area contributed by atoms with E-state index in [9.17, 15) is 14.7 Å². The predicted molar refractivity (Wildman–Crippen MR) is 68.0 cm³/mol. The fourth-order valence-corrected chi connectivity index (χ4v) is 1.37. The quantitative estimate of drug-likeness (QED) is 0.739. The number of aliphatic hydroxyl groups is 1. The van der Waals surface area contributed by atoms with Crippen molar-refractivity contribution < 1.29 is 24.2 Å². The van der Waals surface area contributed by atoms with E-state index in [0.717, 1.165) is 7.11 Å². The number of methoxy groups -OCH3 is 1. The molecule has 0 radical (unpaired) electrons. The number of hydrogen-bond donors (Lipinski definition) is 2. The Morgan fingerprint density at radius 2 is 2.21 bits per heavy atom. The Balaban J connectivity index is 2.30. The third-order valence-electron chi connectivity index (χ3n) is 2.13. The first kappa shape index (κ1) is 15.3. The van der Waals surface area contributed by atoms with Crippen LogP contribution in [0, 0.1) is 0 Å². The van der Waals surface area contributed by atoms with Crippen LogP contribution in [0.25, 0.3) is 0 Å². The summed E-state index contributed by atoms with van der Waals surface area (Å²) in [5, 5.41) is 12.1. The summed E-state index contributed by atoms with van der Waals surface area (Å²) in [6.07, 6.45) is -1.39. The van der Waals surface area contributed by atoms with Crippen LogP contribution < -0.4 is 10.1 Å². The zero-order valence-corrected chi connectivity index (χ0v) is 11.0. The normalized spacial score (nSPS) is 11.5. The highest BCUT2D eigenvalue weighted by Gasteiger charge is 2.16. The molecule has 1 unspecified atom stereocenters. The van der Waals surface area contributed by atoms with Crippen molar-refractivity contribution in [2.45, 2.75) is 6.10 Å². The van der Waals surface area contributed by atoms with E-state index in [2.05, 4.69) is 10.1 Å². The number of carbonyl (C=O) groups is 2. The number of benzene rings is 1. The Labute approximate surface area is 115 Å². The first-order valence-corrected chi connectivity index (χ1v) is 5.81. The fraction of sp³-hybridized carbons (Fsp3) is 0.333. The fourth-order valence-electron chi connectivity index (χ4n) is 1.19. The average Bonchev–Trinajstić information content (AvgIpc) is 2.41. The van der Waals surface area contributed by atoms with Crippen LogP contribution in [0.1, 0.15) is 0 Å². The lowest BCUT2D eigenvalue weighted by atomic mass is 10.3. The number of nitrogens with one attached hydrogen (secondary N) is 1. The molecule has 0 aliphatic rings. The summed E-state index contributed by atoms with van der Waals surface area (Å²) in [7, 11) is 1.15. The minimum atomic E-state index is -1.39. The zero-order valence-electron chi connectivity index (χ0n) is 10.3. The van der Waals surface area contributed by atoms with Crippen molar-refractivity contribution in [2.24, 2.45) is 0 Å². The Kier molecular flexibility index (Phi) is 6.11. The van der Waals surface area contributed by atoms with Crippen molar-refractivity contribution in [1.29, 1.82) is 0 Å². The molecule has 0 bridgehead atoms. The molecule has 0 heterocycles. The van der Waals surface area contributed by atoms with Gasteiger partial charge in [0, 0.05) is 5.02 Å². The summed E-state index contributed by atoms with van der Waals surface area (Å²) in [5.41, 5.74) is 0. The Hall–Kier alpha value is -1.79. The summed E-state index contributed by atoms with van der Waals surface area (Å²) < 4.78 is 9.47. The van der Waals surface area contributed by atoms with Crippen molar-refractivity contribution in [3.05, 3.63) is 29.3 Å². The van der Waals surface area contributed by atoms with Gasteiger partial charge in [-0.15, -0.1) is 0 Å². The van der Waals surface area contributed by atoms with E-state index in [0.29, 0.717) is 10.8 Å². The molecule has 0 aliphatic heterocycles. The highest BCUT2D eigenvalue weighted by atomic mass is 35.5. The van der Waals surface area contributed by atoms with Gasteiger partial charge in [-0.3, -0.25) is 4.79 Å². The van der Waals surface area contributed by atoms with Crippen LogP contribution in [0.2, 0.25) is 5.02 Å². The van der Waals surface area contributed by atoms with Crippen LogP contribution in [0.5, 0.6) is 5.75 Å². The highest BCUT2D eigenvalue weighted by molar-refractivity contribution is 6.30. The largest absolute Gasteiger partial charge is 0.484 e. The Morgan fingerprint density at radius 3 is 2.84 bits per heavy atom. The molecule has 104 valence electrons. The van der Waals surface area contributed by atoms with E-state index in [1.807, 2.05) is 0 Å². The second kappa shape index (κ2) is 7.60. The average molecular weight is 288 g/mol. The lowest BCUT2D eigenvalue weighted by molar-refractivity contribution is -0.150. The van der Waals surface area contributed by atoms with Gasteiger partial charge in [0.25, 0.3) is 5.91 Å². The minimum absolute atomic E-state index is 0.232. The number of rotatable bonds is 6. The SMILES string of the molecule is COC(=O)C(O)CNC(=O)COc1cccc(Cl)c1. The van der Waals surface area contributed by atoms with Gasteiger partial charge in [-0.25, -0.2) is 4.79 Å². The van der Waals surface area contributed by atoms with Crippen LogP contribution in [0.15, 0.2) is 24.3 Å². The van der Waals surface area contributed by atoms with Gasteiger partial charge in [-0.1, -0.05) is 17.7 Å². The lowest BCUT2D eigenvalue weighted by Crippen LogP contribution is -2.39. The van der Waals surface area contributed by atoms with Gasteiger partial charge in [0.1, 0.15) is 5.75 Å². The molecular formula is C12H14ClNO5. The Bertz CT molecular complexity index is 452. The summed E-state index contributed by atoms with van der Waals surface area (Å²) in [5.74, 6) is -0.824. The maximum atomic E-state index is 11.4. The van der Waals surface area contributed by atoms with Crippen LogP contribution in [-0.2, 0) is 14.3 Å². The number of amides is 1. The van der Waals surface area contributed by atoms with Gasteiger partial charge in [0.2, 0.25) is 0 Å². The molecule has 0 saturated carbocycles. The first-order valence-electron chi connectivity index (χ1n) is 5.44. The first-order chi connectivity index (χ1) is 9.02. The van der Waals surface area contributed by atoms with Crippen molar-refractivity contribution in [2.75, 3.05) is 20.3 Å². The third-order valence-corrected chi connectivity index (χ3v) is 2.37. The predicted octanol–water partition coefficient (Wildman–Crippen LogP) is 0.369. The molecule has 0 spiro atoms. The molecule has 0 aromatic heterocycles. The maximum absolute atomic E-state index is 11.4. The smallest absolute Gasteiger partial charge is 0.336 e. The monoisotopic (exact) mass is 287 g/mol. The van der Waals surface area contributed by atoms with Gasteiger partial charge < -0.3 is 19.9 Å². The number of esters is 1. The van der Waals surface area contributed by atoms with Crippen molar-refractivity contribution in [3.63, 3.8) is 0 Å². The van der Waals surface area contributed by atoms with Gasteiger partial charge in [0.05, 0.1) is 13.7 Å². The highest BCUT2D eigenvalue weighted by Crippen LogP contribution is 2.16. The molecule has 0 fully saturated rings. The van der Waals surface area contributed by atoms with E-state index in [-0.39, 0.29) is 13.2 Å². The number of hydrogen-bond acceptors (Lipinski definition) is 5. The second-order valence-electron chi connectivity index (χ2n) is 3.59. The summed E-state index contributed by atoms with van der Waals surface area (Å²) in [6, 6.07) is 6.60. The summed E-state index contributed by atoms with van der Waals surface area (Å²) in [4.78, 5) is 22.3. The number of aliphatic hydroxyl groups excluding tert-OH is 1. The molecule has 2 N–H and O–H groups in total.